The van der Waals surface area contributed by atoms with Crippen LogP contribution in [0.25, 0.3) is 0 Å². The van der Waals surface area contributed by atoms with Gasteiger partial charge in [-0.15, -0.1) is 0 Å². The van der Waals surface area contributed by atoms with Crippen LogP contribution in [0.1, 0.15) is 6.92 Å². The molecule has 4 nitrogen and oxygen atoms in total. The molecule has 0 saturated carbocycles. The second-order valence-corrected chi connectivity index (χ2v) is 2.82. The van der Waals surface area contributed by atoms with Crippen LogP contribution >= 0.6 is 0 Å². The number of rotatable bonds is 2. The van der Waals surface area contributed by atoms with E-state index >= 15 is 0 Å². The van der Waals surface area contributed by atoms with Gasteiger partial charge in [0, 0.05) is 5.69 Å². The second kappa shape index (κ2) is 4.82. The lowest BCUT2D eigenvalue weighted by molar-refractivity contribution is -0.112. The minimum atomic E-state index is -0.622. The summed E-state index contributed by atoms with van der Waals surface area (Å²) in [4.78, 5) is 11.4. The highest BCUT2D eigenvalue weighted by Crippen LogP contribution is 2.08. The molecule has 15 heavy (non-hydrogen) atoms. The van der Waals surface area contributed by atoms with Gasteiger partial charge in [-0.1, -0.05) is 12.1 Å². The van der Waals surface area contributed by atoms with Crippen molar-refractivity contribution < 1.29 is 9.90 Å². The average Bonchev–Trinajstić information content (AvgIpc) is 2.19. The Hall–Kier alpha value is -2.28. The summed E-state index contributed by atoms with van der Waals surface area (Å²) in [5.41, 5.74) is 0.260. The molecule has 1 amide bonds. The van der Waals surface area contributed by atoms with E-state index in [2.05, 4.69) is 11.4 Å². The minimum absolute atomic E-state index is 0.289. The Labute approximate surface area is 87.5 Å². The molecule has 0 aliphatic heterocycles. The third kappa shape index (κ3) is 2.85. The van der Waals surface area contributed by atoms with Gasteiger partial charge in [-0.25, -0.2) is 0 Å². The maximum absolute atomic E-state index is 11.4. The molecule has 0 aromatic heterocycles. The second-order valence-electron chi connectivity index (χ2n) is 2.82. The number of aliphatic hydroxyl groups excluding tert-OH is 1. The van der Waals surface area contributed by atoms with Crippen molar-refractivity contribution in [1.29, 1.82) is 5.26 Å². The number of anilines is 1. The molecule has 0 spiro atoms. The Morgan fingerprint density at radius 2 is 2.13 bits per heavy atom. The van der Waals surface area contributed by atoms with Gasteiger partial charge in [-0.2, -0.15) is 5.26 Å². The normalized spacial score (nSPS) is 11.2. The number of nitrogens with one attached hydrogen (secondary N) is 1. The van der Waals surface area contributed by atoms with Crippen molar-refractivity contribution >= 4 is 11.6 Å². The molecular formula is C11H9N2O2. The number of allylic oxidation sites excluding steroid dienone is 1. The molecule has 0 atom stereocenters. The molecule has 1 rings (SSSR count). The van der Waals surface area contributed by atoms with Crippen molar-refractivity contribution in [3.63, 3.8) is 0 Å². The highest BCUT2D eigenvalue weighted by Gasteiger charge is 2.11. The summed E-state index contributed by atoms with van der Waals surface area (Å²) in [6.07, 6.45) is 0. The Morgan fingerprint density at radius 1 is 1.53 bits per heavy atom. The molecule has 4 heteroatoms. The maximum atomic E-state index is 11.4. The van der Waals surface area contributed by atoms with Crippen molar-refractivity contribution in [3.05, 3.63) is 41.7 Å². The van der Waals surface area contributed by atoms with Crippen LogP contribution in [0.4, 0.5) is 5.69 Å². The SMILES string of the molecule is C/C(O)=C(/C#N)C(=O)Nc1cc[c]cc1. The summed E-state index contributed by atoms with van der Waals surface area (Å²) >= 11 is 0. The number of hydrogen-bond acceptors (Lipinski definition) is 3. The minimum Gasteiger partial charge on any atom is -0.511 e. The lowest BCUT2D eigenvalue weighted by Gasteiger charge is -2.03. The van der Waals surface area contributed by atoms with E-state index in [1.54, 1.807) is 30.3 Å². The van der Waals surface area contributed by atoms with Crippen LogP contribution in [0.15, 0.2) is 35.6 Å². The zero-order valence-corrected chi connectivity index (χ0v) is 8.11. The van der Waals surface area contributed by atoms with E-state index in [1.165, 1.54) is 6.92 Å². The van der Waals surface area contributed by atoms with E-state index in [0.717, 1.165) is 0 Å². The van der Waals surface area contributed by atoms with Crippen LogP contribution in [-0.2, 0) is 4.79 Å². The van der Waals surface area contributed by atoms with Crippen LogP contribution in [0.5, 0.6) is 0 Å². The van der Waals surface area contributed by atoms with E-state index < -0.39 is 5.91 Å². The van der Waals surface area contributed by atoms with Crippen LogP contribution in [0.2, 0.25) is 0 Å². The van der Waals surface area contributed by atoms with Gasteiger partial charge in [-0.3, -0.25) is 4.79 Å². The molecular weight excluding hydrogens is 192 g/mol. The van der Waals surface area contributed by atoms with Crippen molar-refractivity contribution in [1.82, 2.24) is 0 Å². The zero-order chi connectivity index (χ0) is 11.3. The van der Waals surface area contributed by atoms with E-state index in [9.17, 15) is 4.79 Å². The number of nitrogens with zero attached hydrogens (tertiary/aromatic N) is 1. The van der Waals surface area contributed by atoms with Crippen molar-refractivity contribution in [3.8, 4) is 6.07 Å². The monoisotopic (exact) mass is 201 g/mol. The first-order valence-corrected chi connectivity index (χ1v) is 4.22. The molecule has 2 N–H and O–H groups in total. The van der Waals surface area contributed by atoms with E-state index in [-0.39, 0.29) is 11.3 Å². The van der Waals surface area contributed by atoms with Gasteiger partial charge in [-0.05, 0) is 25.1 Å². The molecule has 0 heterocycles. The molecule has 0 saturated heterocycles. The number of carbonyl (C=O) groups excluding carboxylic acids is 1. The highest BCUT2D eigenvalue weighted by molar-refractivity contribution is 6.06. The van der Waals surface area contributed by atoms with Gasteiger partial charge >= 0.3 is 0 Å². The lowest BCUT2D eigenvalue weighted by Crippen LogP contribution is -2.14. The number of aliphatic hydroxyl groups is 1. The van der Waals surface area contributed by atoms with E-state index in [0.29, 0.717) is 5.69 Å². The third-order valence-electron chi connectivity index (χ3n) is 1.68. The number of carbonyl (C=O) groups is 1. The number of benzene rings is 1. The first kappa shape index (κ1) is 10.8. The van der Waals surface area contributed by atoms with Crippen LogP contribution in [-0.4, -0.2) is 11.0 Å². The fourth-order valence-corrected chi connectivity index (χ4v) is 0.960. The lowest BCUT2D eigenvalue weighted by atomic mass is 10.2. The Kier molecular flexibility index (Phi) is 3.47. The van der Waals surface area contributed by atoms with Gasteiger partial charge in [0.15, 0.2) is 5.57 Å². The van der Waals surface area contributed by atoms with Crippen molar-refractivity contribution in [2.24, 2.45) is 0 Å². The topological polar surface area (TPSA) is 73.1 Å². The van der Waals surface area contributed by atoms with Crippen LogP contribution in [0, 0.1) is 17.4 Å². The first-order chi connectivity index (χ1) is 7.15. The smallest absolute Gasteiger partial charge is 0.269 e. The number of amides is 1. The van der Waals surface area contributed by atoms with Gasteiger partial charge in [0.25, 0.3) is 5.91 Å². The first-order valence-electron chi connectivity index (χ1n) is 4.22. The fourth-order valence-electron chi connectivity index (χ4n) is 0.960. The molecule has 1 aromatic carbocycles. The van der Waals surface area contributed by atoms with Gasteiger partial charge in [0.2, 0.25) is 0 Å². The average molecular weight is 201 g/mol. The molecule has 0 unspecified atom stereocenters. The third-order valence-corrected chi connectivity index (χ3v) is 1.68. The molecule has 0 fully saturated rings. The Balaban J connectivity index is 2.82. The van der Waals surface area contributed by atoms with Gasteiger partial charge in [0.1, 0.15) is 11.8 Å². The maximum Gasteiger partial charge on any atom is 0.269 e. The predicted octanol–water partition coefficient (Wildman–Crippen LogP) is 1.78. The van der Waals surface area contributed by atoms with Gasteiger partial charge in [0.05, 0.1) is 0 Å². The summed E-state index contributed by atoms with van der Waals surface area (Å²) < 4.78 is 0. The standard InChI is InChI=1S/C11H9N2O2/c1-8(14)10(7-12)11(15)13-9-5-3-2-4-6-9/h3-6,14H,1H3,(H,13,15)/b10-8+. The summed E-state index contributed by atoms with van der Waals surface area (Å²) in [7, 11) is 0. The molecule has 1 aromatic rings. The molecule has 0 aliphatic carbocycles. The van der Waals surface area contributed by atoms with Crippen molar-refractivity contribution in [2.75, 3.05) is 5.32 Å². The summed E-state index contributed by atoms with van der Waals surface area (Å²) in [5, 5.41) is 20.1. The van der Waals surface area contributed by atoms with Crippen molar-refractivity contribution in [2.45, 2.75) is 6.92 Å². The molecule has 75 valence electrons. The largest absolute Gasteiger partial charge is 0.511 e. The number of hydrogen-bond donors (Lipinski definition) is 2. The summed E-state index contributed by atoms with van der Waals surface area (Å²) in [6.45, 7) is 1.29. The molecule has 0 bridgehead atoms. The quantitative estimate of drug-likeness (QED) is 0.435. The van der Waals surface area contributed by atoms with E-state index in [4.69, 9.17) is 10.4 Å². The van der Waals surface area contributed by atoms with Gasteiger partial charge < -0.3 is 10.4 Å². The molecule has 0 aliphatic rings. The predicted molar refractivity (Wildman–Crippen MR) is 54.8 cm³/mol. The molecule has 1 radical (unpaired) electrons. The Morgan fingerprint density at radius 3 is 2.60 bits per heavy atom. The highest BCUT2D eigenvalue weighted by atomic mass is 16.3. The van der Waals surface area contributed by atoms with E-state index in [1.807, 2.05) is 0 Å². The van der Waals surface area contributed by atoms with Crippen LogP contribution in [0.3, 0.4) is 0 Å². The number of nitriles is 1. The Bertz CT molecular complexity index is 426. The van der Waals surface area contributed by atoms with Crippen LogP contribution < -0.4 is 5.32 Å². The summed E-state index contributed by atoms with van der Waals surface area (Å²) in [6, 6.07) is 11.0. The fraction of sp³-hybridized carbons (Fsp3) is 0.0909. The summed E-state index contributed by atoms with van der Waals surface area (Å²) in [5.74, 6) is -0.916. The zero-order valence-electron chi connectivity index (χ0n) is 8.11.